The number of furan rings is 1. The van der Waals surface area contributed by atoms with Gasteiger partial charge in [0.25, 0.3) is 5.91 Å². The summed E-state index contributed by atoms with van der Waals surface area (Å²) in [6, 6.07) is 15.5. The molecule has 8 heteroatoms. The summed E-state index contributed by atoms with van der Waals surface area (Å²) in [6.45, 7) is -1.47. The lowest BCUT2D eigenvalue weighted by molar-refractivity contribution is -0.0493. The molecule has 3 rings (SSSR count). The van der Waals surface area contributed by atoms with Crippen LogP contribution in [0.1, 0.15) is 33.6 Å². The molecule has 3 aromatic rings. The number of halogens is 2. The average molecular weight is 401 g/mol. The number of ketones is 1. The highest BCUT2D eigenvalue weighted by Gasteiger charge is 2.16. The van der Waals surface area contributed by atoms with E-state index in [0.717, 1.165) is 0 Å². The number of amides is 1. The first-order valence-corrected chi connectivity index (χ1v) is 8.60. The van der Waals surface area contributed by atoms with Gasteiger partial charge in [-0.25, -0.2) is 0 Å². The summed E-state index contributed by atoms with van der Waals surface area (Å²) in [5, 5.41) is 2.47. The van der Waals surface area contributed by atoms with Gasteiger partial charge < -0.3 is 19.2 Å². The van der Waals surface area contributed by atoms with Gasteiger partial charge in [0, 0.05) is 5.56 Å². The van der Waals surface area contributed by atoms with Crippen LogP contribution < -0.4 is 14.8 Å². The van der Waals surface area contributed by atoms with Crippen molar-refractivity contribution >= 4 is 17.4 Å². The van der Waals surface area contributed by atoms with Crippen molar-refractivity contribution in [1.82, 2.24) is 0 Å². The Morgan fingerprint density at radius 1 is 1.03 bits per heavy atom. The maximum Gasteiger partial charge on any atom is 0.387 e. The monoisotopic (exact) mass is 401 g/mol. The lowest BCUT2D eigenvalue weighted by atomic mass is 10.1. The molecule has 0 unspecified atom stereocenters. The van der Waals surface area contributed by atoms with E-state index >= 15 is 0 Å². The first-order chi connectivity index (χ1) is 13.9. The molecule has 1 amide bonds. The van der Waals surface area contributed by atoms with Crippen molar-refractivity contribution in [1.29, 1.82) is 0 Å². The highest BCUT2D eigenvalue weighted by molar-refractivity contribution is 6.03. The van der Waals surface area contributed by atoms with Gasteiger partial charge >= 0.3 is 6.61 Å². The van der Waals surface area contributed by atoms with Crippen molar-refractivity contribution in [2.75, 3.05) is 5.32 Å². The largest absolute Gasteiger partial charge is 0.486 e. The van der Waals surface area contributed by atoms with Gasteiger partial charge in [0.2, 0.25) is 0 Å². The van der Waals surface area contributed by atoms with Crippen LogP contribution in [0.2, 0.25) is 0 Å². The molecule has 29 heavy (non-hydrogen) atoms. The van der Waals surface area contributed by atoms with Gasteiger partial charge in [-0.2, -0.15) is 8.78 Å². The van der Waals surface area contributed by atoms with Crippen molar-refractivity contribution in [2.45, 2.75) is 20.1 Å². The molecule has 6 nitrogen and oxygen atoms in total. The fourth-order valence-corrected chi connectivity index (χ4v) is 2.47. The normalized spacial score (nSPS) is 10.6. The van der Waals surface area contributed by atoms with Crippen molar-refractivity contribution in [2.24, 2.45) is 0 Å². The number of carbonyl (C=O) groups excluding carboxylic acids is 2. The second-order valence-electron chi connectivity index (χ2n) is 5.96. The van der Waals surface area contributed by atoms with E-state index in [1.807, 2.05) is 0 Å². The van der Waals surface area contributed by atoms with Crippen LogP contribution in [-0.2, 0) is 6.61 Å². The molecule has 0 fully saturated rings. The maximum absolute atomic E-state index is 12.5. The number of para-hydroxylation sites is 2. The molecule has 0 radical (unpaired) electrons. The minimum atomic E-state index is -3.01. The zero-order chi connectivity index (χ0) is 20.8. The summed E-state index contributed by atoms with van der Waals surface area (Å²) in [5.74, 6) is 0.104. The molecule has 0 bridgehead atoms. The van der Waals surface area contributed by atoms with Crippen LogP contribution in [0.3, 0.4) is 0 Å². The molecular formula is C21H17F2NO5. The molecule has 1 heterocycles. The summed E-state index contributed by atoms with van der Waals surface area (Å²) < 4.78 is 40.3. The van der Waals surface area contributed by atoms with E-state index in [0.29, 0.717) is 17.1 Å². The third-order valence-electron chi connectivity index (χ3n) is 3.88. The third-order valence-corrected chi connectivity index (χ3v) is 3.88. The van der Waals surface area contributed by atoms with Gasteiger partial charge in [-0.15, -0.1) is 0 Å². The Kier molecular flexibility index (Phi) is 6.23. The van der Waals surface area contributed by atoms with Crippen LogP contribution in [0.15, 0.2) is 65.1 Å². The second-order valence-corrected chi connectivity index (χ2v) is 5.96. The first kappa shape index (κ1) is 20.1. The molecule has 0 aliphatic heterocycles. The first-order valence-electron chi connectivity index (χ1n) is 8.60. The van der Waals surface area contributed by atoms with Crippen LogP contribution in [0.5, 0.6) is 11.5 Å². The summed E-state index contributed by atoms with van der Waals surface area (Å²) in [5.41, 5.74) is 0.669. The Labute approximate surface area is 165 Å². The number of ether oxygens (including phenoxy) is 2. The highest BCUT2D eigenvalue weighted by Crippen LogP contribution is 2.26. The standard InChI is InChI=1S/C21H17F2NO5/c1-13(25)14-6-8-15(9-7-14)27-12-16-10-11-19(28-16)20(26)24-17-4-2-3-5-18(17)29-21(22)23/h2-11,21H,12H2,1H3,(H,24,26). The molecule has 0 aliphatic rings. The van der Waals surface area contributed by atoms with Crippen LogP contribution in [-0.4, -0.2) is 18.3 Å². The number of benzene rings is 2. The van der Waals surface area contributed by atoms with Crippen molar-refractivity contribution in [3.05, 3.63) is 77.7 Å². The predicted octanol–water partition coefficient (Wildman–Crippen LogP) is 4.91. The van der Waals surface area contributed by atoms with Gasteiger partial charge in [0.1, 0.15) is 23.9 Å². The number of carbonyl (C=O) groups is 2. The van der Waals surface area contributed by atoms with Crippen molar-refractivity contribution in [3.8, 4) is 11.5 Å². The average Bonchev–Trinajstić information content (AvgIpc) is 3.17. The summed E-state index contributed by atoms with van der Waals surface area (Å²) in [6.07, 6.45) is 0. The summed E-state index contributed by atoms with van der Waals surface area (Å²) in [4.78, 5) is 23.6. The molecule has 0 saturated heterocycles. The topological polar surface area (TPSA) is 77.8 Å². The summed E-state index contributed by atoms with van der Waals surface area (Å²) >= 11 is 0. The molecule has 1 aromatic heterocycles. The lowest BCUT2D eigenvalue weighted by Gasteiger charge is -2.10. The Morgan fingerprint density at radius 3 is 2.45 bits per heavy atom. The molecular weight excluding hydrogens is 384 g/mol. The number of rotatable bonds is 8. The predicted molar refractivity (Wildman–Crippen MR) is 101 cm³/mol. The highest BCUT2D eigenvalue weighted by atomic mass is 19.3. The quantitative estimate of drug-likeness (QED) is 0.543. The van der Waals surface area contributed by atoms with E-state index < -0.39 is 12.5 Å². The zero-order valence-electron chi connectivity index (χ0n) is 15.4. The molecule has 2 aromatic carbocycles. The van der Waals surface area contributed by atoms with E-state index in [1.165, 1.54) is 31.2 Å². The second kappa shape index (κ2) is 9.01. The van der Waals surface area contributed by atoms with Crippen LogP contribution in [0.4, 0.5) is 14.5 Å². The molecule has 0 saturated carbocycles. The number of hydrogen-bond donors (Lipinski definition) is 1. The van der Waals surface area contributed by atoms with E-state index in [1.54, 1.807) is 36.4 Å². The molecule has 0 spiro atoms. The van der Waals surface area contributed by atoms with Gasteiger partial charge in [-0.05, 0) is 55.5 Å². The summed E-state index contributed by atoms with van der Waals surface area (Å²) in [7, 11) is 0. The number of anilines is 1. The third kappa shape index (κ3) is 5.41. The van der Waals surface area contributed by atoms with Crippen LogP contribution in [0.25, 0.3) is 0 Å². The van der Waals surface area contributed by atoms with E-state index in [9.17, 15) is 18.4 Å². The van der Waals surface area contributed by atoms with Crippen LogP contribution >= 0.6 is 0 Å². The Morgan fingerprint density at radius 2 is 1.76 bits per heavy atom. The maximum atomic E-state index is 12.5. The van der Waals surface area contributed by atoms with Crippen LogP contribution in [0, 0.1) is 0 Å². The van der Waals surface area contributed by atoms with Gasteiger partial charge in [-0.3, -0.25) is 9.59 Å². The number of alkyl halides is 2. The van der Waals surface area contributed by atoms with Gasteiger partial charge in [0.05, 0.1) is 5.69 Å². The number of hydrogen-bond acceptors (Lipinski definition) is 5. The Balaban J connectivity index is 1.61. The zero-order valence-corrected chi connectivity index (χ0v) is 15.4. The van der Waals surface area contributed by atoms with Crippen molar-refractivity contribution < 1.29 is 32.3 Å². The van der Waals surface area contributed by atoms with E-state index in [4.69, 9.17) is 9.15 Å². The minimum Gasteiger partial charge on any atom is -0.486 e. The van der Waals surface area contributed by atoms with Gasteiger partial charge in [-0.1, -0.05) is 12.1 Å². The fourth-order valence-electron chi connectivity index (χ4n) is 2.47. The number of Topliss-reactive ketones (excluding diaryl/α,β-unsaturated/α-hetero) is 1. The minimum absolute atomic E-state index is 0.0117. The SMILES string of the molecule is CC(=O)c1ccc(OCc2ccc(C(=O)Nc3ccccc3OC(F)F)o2)cc1. The van der Waals surface area contributed by atoms with E-state index in [2.05, 4.69) is 10.1 Å². The smallest absolute Gasteiger partial charge is 0.387 e. The fraction of sp³-hybridized carbons (Fsp3) is 0.143. The molecule has 0 aliphatic carbocycles. The van der Waals surface area contributed by atoms with E-state index in [-0.39, 0.29) is 29.6 Å². The number of nitrogens with one attached hydrogen (secondary N) is 1. The van der Waals surface area contributed by atoms with Gasteiger partial charge in [0.15, 0.2) is 11.5 Å². The molecule has 0 atom stereocenters. The Hall–Kier alpha value is -3.68. The molecule has 150 valence electrons. The Bertz CT molecular complexity index is 998. The lowest BCUT2D eigenvalue weighted by Crippen LogP contribution is -2.13. The van der Waals surface area contributed by atoms with Crippen molar-refractivity contribution in [3.63, 3.8) is 0 Å². The molecule has 1 N–H and O–H groups in total.